The van der Waals surface area contributed by atoms with Crippen molar-refractivity contribution in [3.05, 3.63) is 51.0 Å². The number of nitro groups is 1. The summed E-state index contributed by atoms with van der Waals surface area (Å²) < 4.78 is 5.07. The lowest BCUT2D eigenvalue weighted by molar-refractivity contribution is -0.384. The molecular weight excluding hydrogens is 386 g/mol. The maximum absolute atomic E-state index is 11.9. The van der Waals surface area contributed by atoms with Crippen molar-refractivity contribution < 1.29 is 24.4 Å². The Morgan fingerprint density at radius 1 is 1.46 bits per heavy atom. The summed E-state index contributed by atoms with van der Waals surface area (Å²) >= 11 is 1.56. The minimum absolute atomic E-state index is 0.0160. The highest BCUT2D eigenvalue weighted by Gasteiger charge is 2.51. The number of thioether (sulfide) groups is 1. The van der Waals surface area contributed by atoms with E-state index >= 15 is 0 Å². The fourth-order valence-electron chi connectivity index (χ4n) is 3.26. The average molecular weight is 407 g/mol. The molecule has 2 unspecified atom stereocenters. The molecule has 2 aliphatic heterocycles. The van der Waals surface area contributed by atoms with Crippen LogP contribution in [0.15, 0.2) is 35.4 Å². The number of nitro benzene ring substituents is 1. The second-order valence-electron chi connectivity index (χ2n) is 6.65. The standard InChI is InChI=1S/C18H21N3O6S/c1-11(22)16-15-8-14(9-20(15)17(16)23)28-7-6-19-18(24)27-10-12-2-4-13(5-3-12)21(25)26/h2-5,9,11,15-16,22H,6-8,10H2,1H3,(H,19,24)/t11-,15?,16?/m1/s1. The Morgan fingerprint density at radius 3 is 2.82 bits per heavy atom. The third-order valence-corrected chi connectivity index (χ3v) is 5.75. The molecule has 0 aromatic heterocycles. The maximum atomic E-state index is 11.9. The number of rotatable bonds is 8. The molecule has 150 valence electrons. The molecule has 1 fully saturated rings. The predicted molar refractivity (Wildman–Crippen MR) is 102 cm³/mol. The molecule has 2 heterocycles. The summed E-state index contributed by atoms with van der Waals surface area (Å²) in [6.45, 7) is 2.07. The summed E-state index contributed by atoms with van der Waals surface area (Å²) in [5.41, 5.74) is 0.644. The molecule has 9 nitrogen and oxygen atoms in total. The SMILES string of the molecule is C[C@@H](O)C1C(=O)N2C=C(SCCNC(=O)OCc3ccc([N+](=O)[O-])cc3)CC12. The summed E-state index contributed by atoms with van der Waals surface area (Å²) in [5.74, 6) is 0.275. The van der Waals surface area contributed by atoms with Crippen LogP contribution < -0.4 is 5.32 Å². The summed E-state index contributed by atoms with van der Waals surface area (Å²) in [5, 5.41) is 22.9. The molecule has 0 saturated carbocycles. The molecule has 0 bridgehead atoms. The van der Waals surface area contributed by atoms with Gasteiger partial charge in [0.1, 0.15) is 6.61 Å². The van der Waals surface area contributed by atoms with E-state index in [0.717, 1.165) is 11.3 Å². The van der Waals surface area contributed by atoms with Gasteiger partial charge in [-0.2, -0.15) is 0 Å². The van der Waals surface area contributed by atoms with E-state index in [9.17, 15) is 24.8 Å². The number of non-ortho nitro benzene ring substituents is 1. The number of fused-ring (bicyclic) bond motifs is 1. The Bertz CT molecular complexity index is 795. The van der Waals surface area contributed by atoms with Gasteiger partial charge in [0.15, 0.2) is 0 Å². The molecule has 0 spiro atoms. The largest absolute Gasteiger partial charge is 0.445 e. The van der Waals surface area contributed by atoms with Crippen molar-refractivity contribution >= 4 is 29.4 Å². The Balaban J connectivity index is 1.32. The summed E-state index contributed by atoms with van der Waals surface area (Å²) in [7, 11) is 0. The number of hydrogen-bond donors (Lipinski definition) is 2. The molecule has 0 radical (unpaired) electrons. The summed E-state index contributed by atoms with van der Waals surface area (Å²) in [4.78, 5) is 36.4. The van der Waals surface area contributed by atoms with E-state index in [0.29, 0.717) is 17.9 Å². The molecular formula is C18H21N3O6S. The predicted octanol–water partition coefficient (Wildman–Crippen LogP) is 2.01. The second kappa shape index (κ2) is 8.61. The van der Waals surface area contributed by atoms with Gasteiger partial charge in [0.05, 0.1) is 23.0 Å². The lowest BCUT2D eigenvalue weighted by atomic mass is 9.84. The number of ether oxygens (including phenoxy) is 1. The fraction of sp³-hybridized carbons (Fsp3) is 0.444. The van der Waals surface area contributed by atoms with Crippen LogP contribution in [0.2, 0.25) is 0 Å². The first-order valence-corrected chi connectivity index (χ1v) is 9.83. The number of carbonyl (C=O) groups is 2. The highest BCUT2D eigenvalue weighted by molar-refractivity contribution is 8.03. The summed E-state index contributed by atoms with van der Waals surface area (Å²) in [6.07, 6.45) is 1.35. The van der Waals surface area contributed by atoms with Gasteiger partial charge in [-0.15, -0.1) is 11.8 Å². The molecule has 3 atom stereocenters. The number of nitrogens with zero attached hydrogens (tertiary/aromatic N) is 2. The van der Waals surface area contributed by atoms with Gasteiger partial charge in [-0.05, 0) is 24.6 Å². The van der Waals surface area contributed by atoms with Gasteiger partial charge >= 0.3 is 6.09 Å². The molecule has 0 aliphatic carbocycles. The quantitative estimate of drug-likeness (QED) is 0.292. The first-order valence-electron chi connectivity index (χ1n) is 8.84. The molecule has 1 aromatic rings. The van der Waals surface area contributed by atoms with E-state index in [2.05, 4.69) is 5.32 Å². The number of aliphatic hydroxyl groups is 1. The van der Waals surface area contributed by atoms with E-state index in [-0.39, 0.29) is 30.2 Å². The Morgan fingerprint density at radius 2 is 2.18 bits per heavy atom. The monoisotopic (exact) mass is 407 g/mol. The molecule has 2 N–H and O–H groups in total. The zero-order valence-electron chi connectivity index (χ0n) is 15.2. The van der Waals surface area contributed by atoms with Crippen LogP contribution in [0.25, 0.3) is 0 Å². The van der Waals surface area contributed by atoms with Gasteiger partial charge in [-0.25, -0.2) is 4.79 Å². The first kappa shape index (κ1) is 20.2. The van der Waals surface area contributed by atoms with E-state index < -0.39 is 17.1 Å². The van der Waals surface area contributed by atoms with Crippen molar-refractivity contribution in [1.29, 1.82) is 0 Å². The number of nitrogens with one attached hydrogen (secondary N) is 1. The van der Waals surface area contributed by atoms with Crippen LogP contribution in [-0.4, -0.2) is 51.4 Å². The van der Waals surface area contributed by atoms with Gasteiger partial charge in [-0.3, -0.25) is 14.9 Å². The topological polar surface area (TPSA) is 122 Å². The lowest BCUT2D eigenvalue weighted by Gasteiger charge is -2.43. The van der Waals surface area contributed by atoms with Gasteiger partial charge in [0.25, 0.3) is 5.69 Å². The average Bonchev–Trinajstić information content (AvgIpc) is 3.02. The minimum Gasteiger partial charge on any atom is -0.445 e. The van der Waals surface area contributed by atoms with Crippen molar-refractivity contribution in [2.75, 3.05) is 12.3 Å². The van der Waals surface area contributed by atoms with Gasteiger partial charge in [0.2, 0.25) is 5.91 Å². The zero-order chi connectivity index (χ0) is 20.3. The van der Waals surface area contributed by atoms with Gasteiger partial charge in [-0.1, -0.05) is 0 Å². The van der Waals surface area contributed by atoms with Crippen molar-refractivity contribution in [2.24, 2.45) is 5.92 Å². The molecule has 1 aromatic carbocycles. The van der Waals surface area contributed by atoms with Crippen molar-refractivity contribution in [3.8, 4) is 0 Å². The lowest BCUT2D eigenvalue weighted by Crippen LogP contribution is -2.59. The second-order valence-corrected chi connectivity index (χ2v) is 7.88. The normalized spacial score (nSPS) is 21.4. The molecule has 1 saturated heterocycles. The first-order chi connectivity index (χ1) is 13.4. The van der Waals surface area contributed by atoms with Crippen molar-refractivity contribution in [1.82, 2.24) is 10.2 Å². The molecule has 28 heavy (non-hydrogen) atoms. The maximum Gasteiger partial charge on any atom is 0.407 e. The molecule has 10 heteroatoms. The van der Waals surface area contributed by atoms with E-state index in [4.69, 9.17) is 4.74 Å². The van der Waals surface area contributed by atoms with Crippen molar-refractivity contribution in [3.63, 3.8) is 0 Å². The third kappa shape index (κ3) is 4.45. The number of aliphatic hydroxyl groups excluding tert-OH is 1. The number of benzene rings is 1. The van der Waals surface area contributed by atoms with Crippen LogP contribution >= 0.6 is 11.8 Å². The Labute approximate surface area is 165 Å². The Hall–Kier alpha value is -2.59. The van der Waals surface area contributed by atoms with Crippen LogP contribution in [0.1, 0.15) is 18.9 Å². The zero-order valence-corrected chi connectivity index (χ0v) is 16.1. The van der Waals surface area contributed by atoms with Crippen LogP contribution in [0.3, 0.4) is 0 Å². The van der Waals surface area contributed by atoms with Crippen molar-refractivity contribution in [2.45, 2.75) is 32.1 Å². The van der Waals surface area contributed by atoms with Gasteiger partial charge in [0, 0.05) is 42.0 Å². The highest BCUT2D eigenvalue weighted by Crippen LogP contribution is 2.42. The molecule has 3 rings (SSSR count). The molecule has 2 aliphatic rings. The van der Waals surface area contributed by atoms with Crippen LogP contribution in [0.5, 0.6) is 0 Å². The van der Waals surface area contributed by atoms with Crippen LogP contribution in [0, 0.1) is 16.0 Å². The minimum atomic E-state index is -0.640. The molecule has 2 amide bonds. The number of carbonyl (C=O) groups excluding carboxylic acids is 2. The van der Waals surface area contributed by atoms with E-state index in [1.54, 1.807) is 35.7 Å². The van der Waals surface area contributed by atoms with E-state index in [1.807, 2.05) is 6.20 Å². The fourth-order valence-corrected chi connectivity index (χ4v) is 4.21. The third-order valence-electron chi connectivity index (χ3n) is 4.70. The summed E-state index contributed by atoms with van der Waals surface area (Å²) in [6, 6.07) is 5.85. The van der Waals surface area contributed by atoms with Gasteiger partial charge < -0.3 is 20.1 Å². The van der Waals surface area contributed by atoms with E-state index in [1.165, 1.54) is 12.1 Å². The highest BCUT2D eigenvalue weighted by atomic mass is 32.2. The number of hydrogen-bond acceptors (Lipinski definition) is 7. The van der Waals surface area contributed by atoms with Crippen LogP contribution in [-0.2, 0) is 16.1 Å². The number of amides is 2. The number of alkyl carbamates (subject to hydrolysis) is 1. The Kier molecular flexibility index (Phi) is 6.20. The number of β-lactam (4-membered cyclic amide) rings is 1. The van der Waals surface area contributed by atoms with Crippen LogP contribution in [0.4, 0.5) is 10.5 Å². The smallest absolute Gasteiger partial charge is 0.407 e.